The van der Waals surface area contributed by atoms with Crippen molar-refractivity contribution in [1.82, 2.24) is 15.1 Å². The topological polar surface area (TPSA) is 67.9 Å². The molecule has 0 bridgehead atoms. The lowest BCUT2D eigenvalue weighted by molar-refractivity contribution is 0.0952. The van der Waals surface area contributed by atoms with Gasteiger partial charge in [-0.25, -0.2) is 0 Å². The van der Waals surface area contributed by atoms with E-state index in [2.05, 4.69) is 39.0 Å². The minimum absolute atomic E-state index is 0.214. The lowest BCUT2D eigenvalue weighted by atomic mass is 9.96. The molecule has 2 aliphatic heterocycles. The molecule has 0 saturated carbocycles. The largest absolute Gasteiger partial charge is 0.367 e. The Kier molecular flexibility index (Phi) is 11.0. The average molecular weight is 635 g/mol. The van der Waals surface area contributed by atoms with Crippen LogP contribution in [0.5, 0.6) is 0 Å². The normalized spacial score (nSPS) is 16.5. The van der Waals surface area contributed by atoms with E-state index in [4.69, 9.17) is 23.2 Å². The van der Waals surface area contributed by atoms with Gasteiger partial charge in [0, 0.05) is 60.4 Å². The molecule has 3 aromatic rings. The summed E-state index contributed by atoms with van der Waals surface area (Å²) < 4.78 is 0. The Morgan fingerprint density at radius 2 is 1.66 bits per heavy atom. The van der Waals surface area contributed by atoms with Gasteiger partial charge >= 0.3 is 0 Å². The smallest absolute Gasteiger partial charge is 0.255 e. The summed E-state index contributed by atoms with van der Waals surface area (Å²) in [7, 11) is 2.20. The average Bonchev–Trinajstić information content (AvgIpc) is 3.03. The van der Waals surface area contributed by atoms with Gasteiger partial charge in [-0.3, -0.25) is 14.5 Å². The Morgan fingerprint density at radius 1 is 0.909 bits per heavy atom. The highest BCUT2D eigenvalue weighted by molar-refractivity contribution is 6.35. The highest BCUT2D eigenvalue weighted by Crippen LogP contribution is 2.30. The number of halogens is 2. The molecule has 7 nitrogen and oxygen atoms in total. The van der Waals surface area contributed by atoms with Crippen molar-refractivity contribution in [1.29, 1.82) is 0 Å². The van der Waals surface area contributed by atoms with Gasteiger partial charge < -0.3 is 20.4 Å². The number of nitrogens with one attached hydrogen (secondary N) is 2. The van der Waals surface area contributed by atoms with Crippen molar-refractivity contribution in [2.75, 3.05) is 69.6 Å². The summed E-state index contributed by atoms with van der Waals surface area (Å²) in [6, 6.07) is 18.3. The Balaban J connectivity index is 1.28. The third-order valence-electron chi connectivity index (χ3n) is 8.65. The number of rotatable bonds is 10. The van der Waals surface area contributed by atoms with Crippen LogP contribution in [-0.2, 0) is 6.42 Å². The van der Waals surface area contributed by atoms with Crippen LogP contribution in [0.1, 0.15) is 44.7 Å². The predicted octanol–water partition coefficient (Wildman–Crippen LogP) is 6.33. The molecule has 0 aromatic heterocycles. The van der Waals surface area contributed by atoms with Gasteiger partial charge in [0.1, 0.15) is 0 Å². The number of piperidine rings is 1. The highest BCUT2D eigenvalue weighted by Gasteiger charge is 2.25. The summed E-state index contributed by atoms with van der Waals surface area (Å²) in [5.41, 5.74) is 4.33. The number of piperazine rings is 1. The zero-order chi connectivity index (χ0) is 31.1. The van der Waals surface area contributed by atoms with Gasteiger partial charge in [0.2, 0.25) is 0 Å². The van der Waals surface area contributed by atoms with Crippen molar-refractivity contribution in [2.45, 2.75) is 19.3 Å². The Morgan fingerprint density at radius 3 is 2.39 bits per heavy atom. The molecule has 2 aliphatic rings. The summed E-state index contributed by atoms with van der Waals surface area (Å²) in [6.07, 6.45) is 4.81. The second-order valence-corrected chi connectivity index (χ2v) is 12.6. The molecular weight excluding hydrogens is 593 g/mol. The van der Waals surface area contributed by atoms with Crippen molar-refractivity contribution in [3.8, 4) is 0 Å². The molecule has 0 spiro atoms. The SMILES string of the molecule is C=Cc1cccc(C(=O)Nc2cc(C(=O)NCCc3ccc(Cl)cc3Cl)ccc2N2CCN(CC3CCN(C)CC3)CC2)c1. The first kappa shape index (κ1) is 32.0. The zero-order valence-corrected chi connectivity index (χ0v) is 26.8. The molecule has 44 heavy (non-hydrogen) atoms. The lowest BCUT2D eigenvalue weighted by Crippen LogP contribution is -2.49. The van der Waals surface area contributed by atoms with Crippen LogP contribution in [0.4, 0.5) is 11.4 Å². The van der Waals surface area contributed by atoms with Crippen LogP contribution in [0.2, 0.25) is 10.0 Å². The zero-order valence-electron chi connectivity index (χ0n) is 25.3. The van der Waals surface area contributed by atoms with Crippen molar-refractivity contribution < 1.29 is 9.59 Å². The van der Waals surface area contributed by atoms with E-state index < -0.39 is 0 Å². The first-order chi connectivity index (χ1) is 21.3. The molecule has 9 heteroatoms. The molecule has 2 fully saturated rings. The maximum absolute atomic E-state index is 13.4. The van der Waals surface area contributed by atoms with Gasteiger partial charge in [-0.1, -0.05) is 54.1 Å². The van der Waals surface area contributed by atoms with E-state index in [0.717, 1.165) is 55.5 Å². The summed E-state index contributed by atoms with van der Waals surface area (Å²) in [6.45, 7) is 11.4. The van der Waals surface area contributed by atoms with Crippen LogP contribution in [0.3, 0.4) is 0 Å². The summed E-state index contributed by atoms with van der Waals surface area (Å²) in [5, 5.41) is 7.24. The molecule has 2 heterocycles. The van der Waals surface area contributed by atoms with Crippen LogP contribution < -0.4 is 15.5 Å². The monoisotopic (exact) mass is 633 g/mol. The number of carbonyl (C=O) groups excluding carboxylic acids is 2. The minimum Gasteiger partial charge on any atom is -0.367 e. The molecule has 2 saturated heterocycles. The lowest BCUT2D eigenvalue weighted by Gasteiger charge is -2.39. The molecule has 2 amide bonds. The van der Waals surface area contributed by atoms with Gasteiger partial charge in [0.05, 0.1) is 11.4 Å². The third-order valence-corrected chi connectivity index (χ3v) is 9.24. The van der Waals surface area contributed by atoms with E-state index in [0.29, 0.717) is 39.8 Å². The Hall–Kier alpha value is -3.36. The Bertz CT molecular complexity index is 1480. The minimum atomic E-state index is -0.231. The standard InChI is InChI=1S/C35H41Cl2N5O2/c1-3-25-5-4-6-28(21-25)35(44)39-32-22-29(34(43)38-14-11-27-7-9-30(36)23-31(27)37)8-10-33(32)42-19-17-41(18-20-42)24-26-12-15-40(2)16-13-26/h3-10,21-23,26H,1,11-20,24H2,2H3,(H,38,43)(H,39,44). The first-order valence-electron chi connectivity index (χ1n) is 15.3. The van der Waals surface area contributed by atoms with Crippen molar-refractivity contribution in [2.24, 2.45) is 5.92 Å². The fourth-order valence-electron chi connectivity index (χ4n) is 5.97. The number of benzene rings is 3. The molecule has 3 aromatic carbocycles. The fourth-order valence-corrected chi connectivity index (χ4v) is 6.48. The quantitative estimate of drug-likeness (QED) is 0.273. The van der Waals surface area contributed by atoms with E-state index >= 15 is 0 Å². The van der Waals surface area contributed by atoms with E-state index in [9.17, 15) is 9.59 Å². The summed E-state index contributed by atoms with van der Waals surface area (Å²) in [4.78, 5) is 33.9. The molecule has 2 N–H and O–H groups in total. The van der Waals surface area contributed by atoms with Crippen LogP contribution >= 0.6 is 23.2 Å². The molecule has 0 radical (unpaired) electrons. The van der Waals surface area contributed by atoms with Gasteiger partial charge in [-0.05, 0) is 98.9 Å². The molecule has 0 unspecified atom stereocenters. The van der Waals surface area contributed by atoms with Gasteiger partial charge in [-0.15, -0.1) is 0 Å². The van der Waals surface area contributed by atoms with Crippen LogP contribution in [0, 0.1) is 5.92 Å². The third kappa shape index (κ3) is 8.42. The number of amides is 2. The van der Waals surface area contributed by atoms with Crippen LogP contribution in [-0.4, -0.2) is 81.0 Å². The number of hydrogen-bond donors (Lipinski definition) is 2. The number of hydrogen-bond acceptors (Lipinski definition) is 5. The molecule has 0 aliphatic carbocycles. The highest BCUT2D eigenvalue weighted by atomic mass is 35.5. The first-order valence-corrected chi connectivity index (χ1v) is 16.1. The van der Waals surface area contributed by atoms with Crippen molar-refractivity contribution in [3.05, 3.63) is 99.5 Å². The second kappa shape index (κ2) is 15.1. The molecule has 0 atom stereocenters. The van der Waals surface area contributed by atoms with Gasteiger partial charge in [-0.2, -0.15) is 0 Å². The summed E-state index contributed by atoms with van der Waals surface area (Å²) >= 11 is 12.3. The van der Waals surface area contributed by atoms with Crippen molar-refractivity contribution in [3.63, 3.8) is 0 Å². The maximum Gasteiger partial charge on any atom is 0.255 e. The molecular formula is C35H41Cl2N5O2. The Labute approximate surface area is 270 Å². The molecule has 232 valence electrons. The van der Waals surface area contributed by atoms with E-state index in [1.807, 2.05) is 36.4 Å². The van der Waals surface area contributed by atoms with Crippen molar-refractivity contribution >= 4 is 52.5 Å². The number of carbonyl (C=O) groups is 2. The number of nitrogens with zero attached hydrogens (tertiary/aromatic N) is 3. The second-order valence-electron chi connectivity index (χ2n) is 11.8. The number of anilines is 2. The summed E-state index contributed by atoms with van der Waals surface area (Å²) in [5.74, 6) is 0.312. The van der Waals surface area contributed by atoms with Crippen LogP contribution in [0.25, 0.3) is 6.08 Å². The fraction of sp³-hybridized carbons (Fsp3) is 0.371. The van der Waals surface area contributed by atoms with E-state index in [-0.39, 0.29) is 11.8 Å². The predicted molar refractivity (Wildman–Crippen MR) is 182 cm³/mol. The molecule has 5 rings (SSSR count). The van der Waals surface area contributed by atoms with Gasteiger partial charge in [0.25, 0.3) is 11.8 Å². The van der Waals surface area contributed by atoms with Crippen LogP contribution in [0.15, 0.2) is 67.2 Å². The van der Waals surface area contributed by atoms with E-state index in [1.54, 1.807) is 30.3 Å². The maximum atomic E-state index is 13.4. The number of likely N-dealkylation sites (tertiary alicyclic amines) is 1. The van der Waals surface area contributed by atoms with E-state index in [1.165, 1.54) is 25.9 Å². The van der Waals surface area contributed by atoms with Gasteiger partial charge in [0.15, 0.2) is 0 Å².